The Kier molecular flexibility index (Phi) is 3.98. The van der Waals surface area contributed by atoms with Gasteiger partial charge in [-0.25, -0.2) is 15.0 Å². The summed E-state index contributed by atoms with van der Waals surface area (Å²) in [4.78, 5) is 24.9. The Bertz CT molecular complexity index is 1040. The van der Waals surface area contributed by atoms with Gasteiger partial charge in [0.25, 0.3) is 5.91 Å². The second kappa shape index (κ2) is 6.60. The van der Waals surface area contributed by atoms with Crippen LogP contribution in [0.1, 0.15) is 16.3 Å². The maximum Gasteiger partial charge on any atom is 0.277 e. The zero-order chi connectivity index (χ0) is 17.9. The molecule has 8 heteroatoms. The first-order chi connectivity index (χ1) is 12.7. The van der Waals surface area contributed by atoms with Crippen molar-refractivity contribution in [2.24, 2.45) is 0 Å². The second-order valence-corrected chi connectivity index (χ2v) is 5.51. The van der Waals surface area contributed by atoms with Crippen molar-refractivity contribution in [2.75, 3.05) is 5.32 Å². The molecular weight excluding hydrogens is 332 g/mol. The van der Waals surface area contributed by atoms with E-state index in [1.54, 1.807) is 23.0 Å². The van der Waals surface area contributed by atoms with E-state index < -0.39 is 5.91 Å². The summed E-state index contributed by atoms with van der Waals surface area (Å²) in [5, 5.41) is 6.52. The molecule has 0 bridgehead atoms. The molecule has 0 aliphatic heterocycles. The number of hydrogen-bond acceptors (Lipinski definition) is 6. The Hall–Kier alpha value is -3.81. The minimum absolute atomic E-state index is 0.179. The highest BCUT2D eigenvalue weighted by atomic mass is 16.5. The molecule has 4 rings (SSSR count). The Morgan fingerprint density at radius 3 is 2.58 bits per heavy atom. The quantitative estimate of drug-likeness (QED) is 0.610. The number of benzene rings is 1. The molecule has 0 spiro atoms. The van der Waals surface area contributed by atoms with E-state index in [1.807, 2.05) is 37.3 Å². The molecule has 0 fully saturated rings. The van der Waals surface area contributed by atoms with Gasteiger partial charge >= 0.3 is 0 Å². The fourth-order valence-corrected chi connectivity index (χ4v) is 2.42. The molecule has 0 saturated carbocycles. The van der Waals surface area contributed by atoms with Crippen molar-refractivity contribution in [1.29, 1.82) is 0 Å². The summed E-state index contributed by atoms with van der Waals surface area (Å²) in [6, 6.07) is 11.0. The number of nitrogens with one attached hydrogen (secondary N) is 1. The summed E-state index contributed by atoms with van der Waals surface area (Å²) < 4.78 is 6.98. The minimum atomic E-state index is -0.397. The molecule has 1 aromatic carbocycles. The van der Waals surface area contributed by atoms with Crippen molar-refractivity contribution in [3.05, 3.63) is 72.7 Å². The normalized spacial score (nSPS) is 10.7. The molecule has 0 unspecified atom stereocenters. The summed E-state index contributed by atoms with van der Waals surface area (Å²) in [6.07, 6.45) is 6.49. The van der Waals surface area contributed by atoms with Gasteiger partial charge in [-0.1, -0.05) is 35.5 Å². The summed E-state index contributed by atoms with van der Waals surface area (Å²) in [7, 11) is 0. The zero-order valence-electron chi connectivity index (χ0n) is 13.8. The van der Waals surface area contributed by atoms with Crippen molar-refractivity contribution in [1.82, 2.24) is 24.7 Å². The first-order valence-corrected chi connectivity index (χ1v) is 7.86. The Labute approximate surface area is 148 Å². The van der Waals surface area contributed by atoms with Crippen molar-refractivity contribution in [2.45, 2.75) is 6.92 Å². The maximum absolute atomic E-state index is 12.3. The van der Waals surface area contributed by atoms with Crippen LogP contribution in [0.4, 0.5) is 5.69 Å². The van der Waals surface area contributed by atoms with Gasteiger partial charge in [-0.2, -0.15) is 0 Å². The van der Waals surface area contributed by atoms with E-state index in [-0.39, 0.29) is 5.69 Å². The van der Waals surface area contributed by atoms with Crippen LogP contribution >= 0.6 is 0 Å². The molecule has 3 heterocycles. The van der Waals surface area contributed by atoms with Crippen LogP contribution in [0.3, 0.4) is 0 Å². The third kappa shape index (κ3) is 3.07. The number of carbonyl (C=O) groups excluding carboxylic acids is 1. The fraction of sp³-hybridized carbons (Fsp3) is 0.0556. The SMILES string of the molecule is Cc1nccn1-c1ncc(NC(=O)c2cc(-c3ccccc3)on2)cn1. The fourth-order valence-electron chi connectivity index (χ4n) is 2.42. The second-order valence-electron chi connectivity index (χ2n) is 5.51. The summed E-state index contributed by atoms with van der Waals surface area (Å²) in [6.45, 7) is 1.86. The number of rotatable bonds is 4. The number of aryl methyl sites for hydroxylation is 1. The molecule has 0 aliphatic rings. The Balaban J connectivity index is 1.48. The minimum Gasteiger partial charge on any atom is -0.355 e. The van der Waals surface area contributed by atoms with Gasteiger partial charge in [0, 0.05) is 24.0 Å². The molecule has 3 aromatic heterocycles. The number of aromatic nitrogens is 5. The van der Waals surface area contributed by atoms with Crippen LogP contribution in [0, 0.1) is 6.92 Å². The van der Waals surface area contributed by atoms with Crippen LogP contribution in [0.5, 0.6) is 0 Å². The summed E-state index contributed by atoms with van der Waals surface area (Å²) >= 11 is 0. The highest BCUT2D eigenvalue weighted by molar-refractivity contribution is 6.03. The van der Waals surface area contributed by atoms with Gasteiger partial charge in [-0.3, -0.25) is 9.36 Å². The molecule has 8 nitrogen and oxygen atoms in total. The van der Waals surface area contributed by atoms with Gasteiger partial charge in [-0.05, 0) is 6.92 Å². The Morgan fingerprint density at radius 2 is 1.88 bits per heavy atom. The number of carbonyl (C=O) groups is 1. The largest absolute Gasteiger partial charge is 0.355 e. The van der Waals surface area contributed by atoms with Gasteiger partial charge < -0.3 is 9.84 Å². The van der Waals surface area contributed by atoms with Crippen LogP contribution in [0.2, 0.25) is 0 Å². The van der Waals surface area contributed by atoms with E-state index >= 15 is 0 Å². The van der Waals surface area contributed by atoms with Crippen LogP contribution in [-0.4, -0.2) is 30.6 Å². The predicted octanol–water partition coefficient (Wildman–Crippen LogP) is 2.88. The van der Waals surface area contributed by atoms with Crippen molar-refractivity contribution >= 4 is 11.6 Å². The zero-order valence-corrected chi connectivity index (χ0v) is 13.8. The van der Waals surface area contributed by atoms with E-state index in [0.717, 1.165) is 11.4 Å². The predicted molar refractivity (Wildman–Crippen MR) is 93.8 cm³/mol. The van der Waals surface area contributed by atoms with Crippen LogP contribution in [0.25, 0.3) is 17.3 Å². The lowest BCUT2D eigenvalue weighted by Crippen LogP contribution is -2.13. The van der Waals surface area contributed by atoms with E-state index in [2.05, 4.69) is 25.4 Å². The lowest BCUT2D eigenvalue weighted by atomic mass is 10.1. The number of amides is 1. The lowest BCUT2D eigenvalue weighted by molar-refractivity contribution is 0.101. The van der Waals surface area contributed by atoms with Gasteiger partial charge in [0.05, 0.1) is 18.1 Å². The third-order valence-electron chi connectivity index (χ3n) is 3.74. The molecular formula is C18H14N6O2. The molecule has 0 saturated heterocycles. The maximum atomic E-state index is 12.3. The monoisotopic (exact) mass is 346 g/mol. The summed E-state index contributed by atoms with van der Waals surface area (Å²) in [5.41, 5.74) is 1.49. The van der Waals surface area contributed by atoms with E-state index in [0.29, 0.717) is 17.4 Å². The molecule has 4 aromatic rings. The van der Waals surface area contributed by atoms with Crippen LogP contribution in [0.15, 0.2) is 65.7 Å². The molecule has 26 heavy (non-hydrogen) atoms. The average Bonchev–Trinajstić information content (AvgIpc) is 3.32. The molecule has 1 amide bonds. The standard InChI is InChI=1S/C18H14N6O2/c1-12-19-7-8-24(12)18-20-10-14(11-21-18)22-17(25)15-9-16(26-23-15)13-5-3-2-4-6-13/h2-11H,1H3,(H,22,25). The van der Waals surface area contributed by atoms with Crippen molar-refractivity contribution in [3.8, 4) is 17.3 Å². The highest BCUT2D eigenvalue weighted by Crippen LogP contribution is 2.20. The molecule has 0 radical (unpaired) electrons. The van der Waals surface area contributed by atoms with Gasteiger partial charge in [0.15, 0.2) is 11.5 Å². The van der Waals surface area contributed by atoms with Gasteiger partial charge in [-0.15, -0.1) is 0 Å². The molecule has 128 valence electrons. The molecule has 0 aliphatic carbocycles. The van der Waals surface area contributed by atoms with Gasteiger partial charge in [0.1, 0.15) is 5.82 Å². The molecule has 0 atom stereocenters. The first-order valence-electron chi connectivity index (χ1n) is 7.86. The average molecular weight is 346 g/mol. The lowest BCUT2D eigenvalue weighted by Gasteiger charge is -2.05. The van der Waals surface area contributed by atoms with Crippen molar-refractivity contribution < 1.29 is 9.32 Å². The number of anilines is 1. The van der Waals surface area contributed by atoms with Crippen molar-refractivity contribution in [3.63, 3.8) is 0 Å². The topological polar surface area (TPSA) is 98.7 Å². The van der Waals surface area contributed by atoms with E-state index in [1.165, 1.54) is 12.4 Å². The Morgan fingerprint density at radius 1 is 1.12 bits per heavy atom. The van der Waals surface area contributed by atoms with Crippen LogP contribution in [-0.2, 0) is 0 Å². The highest BCUT2D eigenvalue weighted by Gasteiger charge is 2.14. The number of imidazole rings is 1. The number of hydrogen-bond donors (Lipinski definition) is 1. The van der Waals surface area contributed by atoms with E-state index in [9.17, 15) is 4.79 Å². The van der Waals surface area contributed by atoms with E-state index in [4.69, 9.17) is 4.52 Å². The smallest absolute Gasteiger partial charge is 0.277 e. The number of nitrogens with zero attached hydrogens (tertiary/aromatic N) is 5. The first kappa shape index (κ1) is 15.7. The molecule has 1 N–H and O–H groups in total. The third-order valence-corrected chi connectivity index (χ3v) is 3.74. The van der Waals surface area contributed by atoms with Crippen LogP contribution < -0.4 is 5.32 Å². The van der Waals surface area contributed by atoms with Gasteiger partial charge in [0.2, 0.25) is 5.95 Å². The summed E-state index contributed by atoms with van der Waals surface area (Å²) in [5.74, 6) is 1.38.